The number of nitriles is 1. The van der Waals surface area contributed by atoms with Gasteiger partial charge in [0.1, 0.15) is 0 Å². The van der Waals surface area contributed by atoms with Crippen LogP contribution in [-0.2, 0) is 4.79 Å². The second kappa shape index (κ2) is 7.73. The number of amides is 1. The molecule has 0 unspecified atom stereocenters. The van der Waals surface area contributed by atoms with E-state index in [2.05, 4.69) is 16.2 Å². The molecule has 3 aromatic rings. The van der Waals surface area contributed by atoms with Gasteiger partial charge in [-0.15, -0.1) is 11.3 Å². The molecule has 146 valence electrons. The number of hydrazone groups is 1. The number of hydrogen-bond acceptors (Lipinski definition) is 6. The van der Waals surface area contributed by atoms with Crippen LogP contribution in [0.25, 0.3) is 17.3 Å². The lowest BCUT2D eigenvalue weighted by Crippen LogP contribution is -2.21. The highest BCUT2D eigenvalue weighted by Gasteiger charge is 2.30. The van der Waals surface area contributed by atoms with Crippen molar-refractivity contribution in [2.45, 2.75) is 6.92 Å². The van der Waals surface area contributed by atoms with Crippen LogP contribution in [-0.4, -0.2) is 27.7 Å². The predicted octanol–water partition coefficient (Wildman–Crippen LogP) is 4.19. The summed E-state index contributed by atoms with van der Waals surface area (Å²) in [6.45, 7) is 1.74. The molecule has 2 heterocycles. The molecular weight excluding hydrogens is 400 g/mol. The SMILES string of the molecule is CC1=NN(c2nc(-c3cccc(C#N)c3)cs2)C(=O)/C1=C/c1ccc(C(=O)O)cc1. The van der Waals surface area contributed by atoms with Crippen molar-refractivity contribution >= 4 is 40.1 Å². The quantitative estimate of drug-likeness (QED) is 0.644. The van der Waals surface area contributed by atoms with Gasteiger partial charge in [0.25, 0.3) is 5.91 Å². The number of benzene rings is 2. The van der Waals surface area contributed by atoms with E-state index in [-0.39, 0.29) is 11.5 Å². The first-order valence-electron chi connectivity index (χ1n) is 8.87. The summed E-state index contributed by atoms with van der Waals surface area (Å²) >= 11 is 1.29. The van der Waals surface area contributed by atoms with Gasteiger partial charge in [-0.3, -0.25) is 4.79 Å². The average Bonchev–Trinajstić information content (AvgIpc) is 3.35. The van der Waals surface area contributed by atoms with E-state index in [0.29, 0.717) is 33.2 Å². The van der Waals surface area contributed by atoms with Crippen molar-refractivity contribution in [2.24, 2.45) is 5.10 Å². The van der Waals surface area contributed by atoms with Crippen molar-refractivity contribution in [2.75, 3.05) is 5.01 Å². The Kier molecular flexibility index (Phi) is 4.96. The Balaban J connectivity index is 1.60. The molecule has 0 radical (unpaired) electrons. The molecule has 0 spiro atoms. The van der Waals surface area contributed by atoms with E-state index in [4.69, 9.17) is 10.4 Å². The first kappa shape index (κ1) is 19.2. The summed E-state index contributed by atoms with van der Waals surface area (Å²) in [7, 11) is 0. The van der Waals surface area contributed by atoms with Crippen molar-refractivity contribution in [3.63, 3.8) is 0 Å². The number of carbonyl (C=O) groups is 2. The summed E-state index contributed by atoms with van der Waals surface area (Å²) in [5, 5.41) is 25.9. The Labute approximate surface area is 175 Å². The molecule has 0 saturated heterocycles. The molecule has 0 bridgehead atoms. The first-order valence-corrected chi connectivity index (χ1v) is 9.75. The zero-order valence-electron chi connectivity index (χ0n) is 15.7. The number of aromatic carboxylic acids is 1. The van der Waals surface area contributed by atoms with Gasteiger partial charge in [-0.25, -0.2) is 9.78 Å². The lowest BCUT2D eigenvalue weighted by Gasteiger charge is -2.07. The largest absolute Gasteiger partial charge is 0.478 e. The predicted molar refractivity (Wildman–Crippen MR) is 114 cm³/mol. The maximum absolute atomic E-state index is 12.9. The van der Waals surface area contributed by atoms with Crippen LogP contribution < -0.4 is 5.01 Å². The van der Waals surface area contributed by atoms with Crippen LogP contribution in [0.15, 0.2) is 64.6 Å². The topological polar surface area (TPSA) is 107 Å². The molecule has 0 fully saturated rings. The molecule has 4 rings (SSSR count). The van der Waals surface area contributed by atoms with Crippen molar-refractivity contribution < 1.29 is 14.7 Å². The molecule has 7 nitrogen and oxygen atoms in total. The fraction of sp³-hybridized carbons (Fsp3) is 0.0455. The van der Waals surface area contributed by atoms with E-state index in [0.717, 1.165) is 5.56 Å². The van der Waals surface area contributed by atoms with E-state index in [1.54, 1.807) is 43.3 Å². The van der Waals surface area contributed by atoms with Crippen LogP contribution >= 0.6 is 11.3 Å². The van der Waals surface area contributed by atoms with E-state index in [1.807, 2.05) is 11.4 Å². The monoisotopic (exact) mass is 414 g/mol. The molecule has 8 heteroatoms. The molecular formula is C22H14N4O3S. The number of carboxylic acids is 1. The van der Waals surface area contributed by atoms with Crippen molar-refractivity contribution in [3.05, 3.63) is 76.2 Å². The zero-order chi connectivity index (χ0) is 21.3. The maximum Gasteiger partial charge on any atom is 0.335 e. The van der Waals surface area contributed by atoms with Gasteiger partial charge in [-0.05, 0) is 42.8 Å². The zero-order valence-corrected chi connectivity index (χ0v) is 16.6. The van der Waals surface area contributed by atoms with Gasteiger partial charge in [0.05, 0.1) is 34.2 Å². The van der Waals surface area contributed by atoms with E-state index in [9.17, 15) is 9.59 Å². The molecule has 0 atom stereocenters. The highest BCUT2D eigenvalue weighted by Crippen LogP contribution is 2.31. The summed E-state index contributed by atoms with van der Waals surface area (Å²) in [5.74, 6) is -1.31. The van der Waals surface area contributed by atoms with Crippen molar-refractivity contribution in [3.8, 4) is 17.3 Å². The minimum atomic E-state index is -1.00. The molecule has 30 heavy (non-hydrogen) atoms. The Morgan fingerprint density at radius 1 is 1.23 bits per heavy atom. The molecule has 1 aliphatic rings. The summed E-state index contributed by atoms with van der Waals surface area (Å²) < 4.78 is 0. The molecule has 1 amide bonds. The number of carboxylic acid groups (broad SMARTS) is 1. The Morgan fingerprint density at radius 3 is 2.70 bits per heavy atom. The summed E-state index contributed by atoms with van der Waals surface area (Å²) in [4.78, 5) is 28.4. The van der Waals surface area contributed by atoms with Crippen LogP contribution in [0.5, 0.6) is 0 Å². The molecule has 1 N–H and O–H groups in total. The molecule has 1 aliphatic heterocycles. The second-order valence-corrected chi connectivity index (χ2v) is 7.33. The smallest absolute Gasteiger partial charge is 0.335 e. The minimum absolute atomic E-state index is 0.178. The van der Waals surface area contributed by atoms with Gasteiger partial charge in [-0.2, -0.15) is 15.4 Å². The van der Waals surface area contributed by atoms with E-state index in [1.165, 1.54) is 28.5 Å². The lowest BCUT2D eigenvalue weighted by molar-refractivity contribution is -0.114. The summed E-state index contributed by atoms with van der Waals surface area (Å²) in [6.07, 6.45) is 1.68. The Hall–Kier alpha value is -4.09. The highest BCUT2D eigenvalue weighted by molar-refractivity contribution is 7.14. The number of anilines is 1. The fourth-order valence-corrected chi connectivity index (χ4v) is 3.73. The summed E-state index contributed by atoms with van der Waals surface area (Å²) in [6, 6.07) is 15.5. The third-order valence-corrected chi connectivity index (χ3v) is 5.31. The van der Waals surface area contributed by atoms with Gasteiger partial charge in [-0.1, -0.05) is 24.3 Å². The Morgan fingerprint density at radius 2 is 2.00 bits per heavy atom. The van der Waals surface area contributed by atoms with Gasteiger partial charge in [0, 0.05) is 10.9 Å². The van der Waals surface area contributed by atoms with E-state index < -0.39 is 5.97 Å². The fourth-order valence-electron chi connectivity index (χ4n) is 2.94. The average molecular weight is 414 g/mol. The van der Waals surface area contributed by atoms with Crippen molar-refractivity contribution in [1.82, 2.24) is 4.98 Å². The van der Waals surface area contributed by atoms with Crippen LogP contribution in [0.3, 0.4) is 0 Å². The van der Waals surface area contributed by atoms with Crippen LogP contribution in [0.2, 0.25) is 0 Å². The van der Waals surface area contributed by atoms with Gasteiger partial charge < -0.3 is 5.11 Å². The van der Waals surface area contributed by atoms with Crippen molar-refractivity contribution in [1.29, 1.82) is 5.26 Å². The normalized spacial score (nSPS) is 14.7. The van der Waals surface area contributed by atoms with Gasteiger partial charge >= 0.3 is 5.97 Å². The number of carbonyl (C=O) groups excluding carboxylic acids is 1. The van der Waals surface area contributed by atoms with Crippen LogP contribution in [0.4, 0.5) is 5.13 Å². The molecule has 0 aliphatic carbocycles. The van der Waals surface area contributed by atoms with Crippen LogP contribution in [0, 0.1) is 11.3 Å². The first-order chi connectivity index (χ1) is 14.5. The lowest BCUT2D eigenvalue weighted by atomic mass is 10.1. The third kappa shape index (κ3) is 3.62. The highest BCUT2D eigenvalue weighted by atomic mass is 32.1. The standard InChI is InChI=1S/C22H14N4O3S/c1-13-18(10-14-5-7-16(8-6-14)21(28)29)20(27)26(25-13)22-24-19(12-30-22)17-4-2-3-15(9-17)11-23/h2-10,12H,1H3,(H,28,29)/b18-10+. The summed E-state index contributed by atoms with van der Waals surface area (Å²) in [5.41, 5.74) is 3.83. The van der Waals surface area contributed by atoms with E-state index >= 15 is 0 Å². The molecule has 1 aromatic heterocycles. The number of thiazole rings is 1. The van der Waals surface area contributed by atoms with Gasteiger partial charge in [0.15, 0.2) is 0 Å². The number of rotatable bonds is 4. The Bertz CT molecular complexity index is 1270. The number of aromatic nitrogens is 1. The number of nitrogens with zero attached hydrogens (tertiary/aromatic N) is 4. The molecule has 0 saturated carbocycles. The maximum atomic E-state index is 12.9. The van der Waals surface area contributed by atoms with Crippen LogP contribution in [0.1, 0.15) is 28.4 Å². The minimum Gasteiger partial charge on any atom is -0.478 e. The second-order valence-electron chi connectivity index (χ2n) is 6.50. The van der Waals surface area contributed by atoms with Gasteiger partial charge in [0.2, 0.25) is 5.13 Å². The number of hydrogen-bond donors (Lipinski definition) is 1. The molecule has 2 aromatic carbocycles. The third-order valence-electron chi connectivity index (χ3n) is 4.49.